The van der Waals surface area contributed by atoms with Gasteiger partial charge in [-0.05, 0) is 62.5 Å². The van der Waals surface area contributed by atoms with Gasteiger partial charge < -0.3 is 54.0 Å². The van der Waals surface area contributed by atoms with E-state index >= 15 is 0 Å². The number of thioether (sulfide) groups is 1. The Balaban J connectivity index is 6.28. The lowest BCUT2D eigenvalue weighted by molar-refractivity contribution is -0.144. The number of primary amides is 1. The van der Waals surface area contributed by atoms with Crippen molar-refractivity contribution in [3.05, 3.63) is 0 Å². The van der Waals surface area contributed by atoms with E-state index in [1.54, 1.807) is 27.7 Å². The fourth-order valence-electron chi connectivity index (χ4n) is 4.78. The van der Waals surface area contributed by atoms with E-state index in [2.05, 4.69) is 26.6 Å². The zero-order chi connectivity index (χ0) is 39.3. The third-order valence-electron chi connectivity index (χ3n) is 8.44. The number of nitrogens with one attached hydrogen (secondary N) is 5. The molecule has 0 heterocycles. The number of aliphatic carboxylic acids is 2. The Kier molecular flexibility index (Phi) is 23.1. The molecule has 0 aromatic rings. The quantitative estimate of drug-likeness (QED) is 0.0430. The van der Waals surface area contributed by atoms with Gasteiger partial charge in [0.15, 0.2) is 0 Å². The molecule has 18 nitrogen and oxygen atoms in total. The number of unbranched alkanes of at least 4 members (excludes halogenated alkanes) is 1. The van der Waals surface area contributed by atoms with Gasteiger partial charge in [-0.1, -0.05) is 40.5 Å². The topological polar surface area (TPSA) is 315 Å². The van der Waals surface area contributed by atoms with Gasteiger partial charge in [0, 0.05) is 6.42 Å². The van der Waals surface area contributed by atoms with Crippen molar-refractivity contribution in [2.75, 3.05) is 18.6 Å². The highest BCUT2D eigenvalue weighted by Gasteiger charge is 2.35. The second-order valence-electron chi connectivity index (χ2n) is 12.5. The molecule has 51 heavy (non-hydrogen) atoms. The predicted octanol–water partition coefficient (Wildman–Crippen LogP) is -1.46. The van der Waals surface area contributed by atoms with Crippen LogP contribution in [0.1, 0.15) is 85.5 Å². The summed E-state index contributed by atoms with van der Waals surface area (Å²) < 4.78 is 0. The number of hydrogen-bond donors (Lipinski definition) is 10. The first-order chi connectivity index (χ1) is 23.9. The van der Waals surface area contributed by atoms with Gasteiger partial charge in [0.25, 0.3) is 0 Å². The van der Waals surface area contributed by atoms with Crippen molar-refractivity contribution in [3.63, 3.8) is 0 Å². The van der Waals surface area contributed by atoms with E-state index < -0.39 is 102 Å². The molecule has 6 amide bonds. The zero-order valence-electron chi connectivity index (χ0n) is 30.2. The number of rotatable bonds is 27. The third-order valence-corrected chi connectivity index (χ3v) is 9.09. The molecule has 0 radical (unpaired) electrons. The third kappa shape index (κ3) is 18.2. The lowest BCUT2D eigenvalue weighted by atomic mass is 9.97. The molecule has 0 aromatic heterocycles. The van der Waals surface area contributed by atoms with Crippen LogP contribution in [-0.4, -0.2) is 112 Å². The number of carbonyl (C=O) groups excluding carboxylic acids is 6. The summed E-state index contributed by atoms with van der Waals surface area (Å²) in [7, 11) is 0. The van der Waals surface area contributed by atoms with E-state index in [1.165, 1.54) is 11.8 Å². The Morgan fingerprint density at radius 1 is 0.667 bits per heavy atom. The maximum atomic E-state index is 13.6. The van der Waals surface area contributed by atoms with Gasteiger partial charge in [0.05, 0.1) is 12.5 Å². The van der Waals surface area contributed by atoms with Gasteiger partial charge in [-0.2, -0.15) is 11.8 Å². The van der Waals surface area contributed by atoms with Gasteiger partial charge in [0.2, 0.25) is 35.4 Å². The molecule has 0 bridgehead atoms. The fourth-order valence-corrected chi connectivity index (χ4v) is 5.27. The molecule has 13 N–H and O–H groups in total. The van der Waals surface area contributed by atoms with Crippen LogP contribution in [0, 0.1) is 11.8 Å². The highest BCUT2D eigenvalue weighted by Crippen LogP contribution is 2.12. The zero-order valence-corrected chi connectivity index (χ0v) is 31.0. The maximum absolute atomic E-state index is 13.6. The van der Waals surface area contributed by atoms with E-state index in [1.807, 2.05) is 6.26 Å². The molecule has 0 fully saturated rings. The molecule has 0 spiro atoms. The number of amides is 6. The minimum absolute atomic E-state index is 0.0171. The molecule has 0 unspecified atom stereocenters. The second kappa shape index (κ2) is 25.1. The summed E-state index contributed by atoms with van der Waals surface area (Å²) in [6.45, 7) is 7.07. The Morgan fingerprint density at radius 3 is 1.65 bits per heavy atom. The van der Waals surface area contributed by atoms with Crippen LogP contribution in [0.3, 0.4) is 0 Å². The van der Waals surface area contributed by atoms with Gasteiger partial charge in [0.1, 0.15) is 30.2 Å². The first kappa shape index (κ1) is 47.0. The lowest BCUT2D eigenvalue weighted by Crippen LogP contribution is -2.60. The molecule has 0 aromatic carbocycles. The predicted molar refractivity (Wildman–Crippen MR) is 191 cm³/mol. The van der Waals surface area contributed by atoms with E-state index in [9.17, 15) is 48.6 Å². The molecule has 0 aliphatic rings. The van der Waals surface area contributed by atoms with Crippen molar-refractivity contribution >= 4 is 59.1 Å². The summed E-state index contributed by atoms with van der Waals surface area (Å²) in [4.78, 5) is 102. The van der Waals surface area contributed by atoms with Gasteiger partial charge in [-0.3, -0.25) is 33.6 Å². The maximum Gasteiger partial charge on any atom is 0.326 e. The van der Waals surface area contributed by atoms with Crippen LogP contribution in [0.5, 0.6) is 0 Å². The van der Waals surface area contributed by atoms with Crippen molar-refractivity contribution in [2.24, 2.45) is 29.0 Å². The SMILES string of the molecule is CC[C@H](C)[C@H](NC(=O)[C@H](CCC(N)=O)NC(=O)[C@H](CCCCN)NC(=O)[C@H](CC(=O)O)NC(=O)[C@@H](NC(=O)[C@@H](N)CCSC)[C@@H](C)CC)C(=O)O. The summed E-state index contributed by atoms with van der Waals surface area (Å²) in [6.07, 6.45) is 2.28. The average molecular weight is 747 g/mol. The minimum atomic E-state index is -1.69. The number of carbonyl (C=O) groups is 8. The van der Waals surface area contributed by atoms with Crippen LogP contribution in [0.4, 0.5) is 0 Å². The van der Waals surface area contributed by atoms with Gasteiger partial charge in [-0.15, -0.1) is 0 Å². The lowest BCUT2D eigenvalue weighted by Gasteiger charge is -2.28. The molecule has 292 valence electrons. The summed E-state index contributed by atoms with van der Waals surface area (Å²) in [5.41, 5.74) is 16.8. The first-order valence-corrected chi connectivity index (χ1v) is 18.5. The van der Waals surface area contributed by atoms with Crippen LogP contribution in [0.25, 0.3) is 0 Å². The molecule has 19 heteroatoms. The number of carboxylic acid groups (broad SMARTS) is 2. The highest BCUT2D eigenvalue weighted by atomic mass is 32.2. The standard InChI is InChI=1S/C32H58N8O10S/c1-6-17(3)25(39-27(44)19(34)13-15-51-5)31(48)38-22(16-24(42)43)30(47)36-20(10-8-9-14-33)28(45)37-21(11-12-23(35)41)29(46)40-26(32(49)50)18(4)7-2/h17-22,25-26H,6-16,33-34H2,1-5H3,(H2,35,41)(H,36,47)(H,37,45)(H,38,48)(H,39,44)(H,40,46)(H,42,43)(H,49,50)/t17-,18-,19-,20-,21-,22-,25-,26-/m0/s1. The van der Waals surface area contributed by atoms with Crippen LogP contribution >= 0.6 is 11.8 Å². The van der Waals surface area contributed by atoms with E-state index in [4.69, 9.17) is 17.2 Å². The Morgan fingerprint density at radius 2 is 1.16 bits per heavy atom. The molecular formula is C32H58N8O10S. The Bertz CT molecular complexity index is 1190. The summed E-state index contributed by atoms with van der Waals surface area (Å²) >= 11 is 1.49. The van der Waals surface area contributed by atoms with Crippen LogP contribution in [0.2, 0.25) is 0 Å². The molecule has 0 saturated heterocycles. The number of carboxylic acids is 2. The monoisotopic (exact) mass is 746 g/mol. The molecule has 0 saturated carbocycles. The molecule has 0 rings (SSSR count). The Hall–Kier alpha value is -3.97. The van der Waals surface area contributed by atoms with E-state index in [-0.39, 0.29) is 25.8 Å². The summed E-state index contributed by atoms with van der Waals surface area (Å²) in [5.74, 6) is -8.10. The second-order valence-corrected chi connectivity index (χ2v) is 13.5. The Labute approximate surface area is 303 Å². The van der Waals surface area contributed by atoms with Crippen molar-refractivity contribution in [1.82, 2.24) is 26.6 Å². The van der Waals surface area contributed by atoms with Crippen molar-refractivity contribution < 1.29 is 48.6 Å². The highest BCUT2D eigenvalue weighted by molar-refractivity contribution is 7.98. The molecule has 0 aliphatic carbocycles. The van der Waals surface area contributed by atoms with E-state index in [0.717, 1.165) is 0 Å². The van der Waals surface area contributed by atoms with Crippen molar-refractivity contribution in [1.29, 1.82) is 0 Å². The molecule has 0 aliphatic heterocycles. The van der Waals surface area contributed by atoms with Crippen LogP contribution in [-0.2, 0) is 38.4 Å². The largest absolute Gasteiger partial charge is 0.481 e. The molecule has 8 atom stereocenters. The number of hydrogen-bond acceptors (Lipinski definition) is 11. The fraction of sp³-hybridized carbons (Fsp3) is 0.750. The van der Waals surface area contributed by atoms with Gasteiger partial charge >= 0.3 is 11.9 Å². The van der Waals surface area contributed by atoms with Crippen molar-refractivity contribution in [3.8, 4) is 0 Å². The van der Waals surface area contributed by atoms with Crippen LogP contribution in [0.15, 0.2) is 0 Å². The minimum Gasteiger partial charge on any atom is -0.481 e. The van der Waals surface area contributed by atoms with Crippen molar-refractivity contribution in [2.45, 2.75) is 122 Å². The van der Waals surface area contributed by atoms with Gasteiger partial charge in [-0.25, -0.2) is 4.79 Å². The average Bonchev–Trinajstić information content (AvgIpc) is 3.07. The summed E-state index contributed by atoms with van der Waals surface area (Å²) in [6, 6.07) is -7.85. The smallest absolute Gasteiger partial charge is 0.326 e. The van der Waals surface area contributed by atoms with Crippen LogP contribution < -0.4 is 43.8 Å². The summed E-state index contributed by atoms with van der Waals surface area (Å²) in [5, 5.41) is 31.5. The normalized spacial score (nSPS) is 15.7. The number of nitrogens with two attached hydrogens (primary N) is 3. The first-order valence-electron chi connectivity index (χ1n) is 17.1. The van der Waals surface area contributed by atoms with E-state index in [0.29, 0.717) is 37.9 Å². The molecular weight excluding hydrogens is 688 g/mol.